The van der Waals surface area contributed by atoms with Crippen LogP contribution >= 0.6 is 0 Å². The van der Waals surface area contributed by atoms with Crippen LogP contribution in [0.5, 0.6) is 0 Å². The minimum absolute atomic E-state index is 1.18. The molecule has 60 heavy (non-hydrogen) atoms. The third-order valence-corrected chi connectivity index (χ3v) is 14.1. The molecule has 6 heterocycles. The molecule has 9 aromatic carbocycles. The highest BCUT2D eigenvalue weighted by molar-refractivity contribution is 6.39. The van der Waals surface area contributed by atoms with Gasteiger partial charge in [0.05, 0.1) is 55.2 Å². The predicted molar refractivity (Wildman–Crippen MR) is 254 cm³/mol. The molecule has 0 aliphatic carbocycles. The zero-order valence-corrected chi connectivity index (χ0v) is 33.0. The van der Waals surface area contributed by atoms with Gasteiger partial charge in [-0.2, -0.15) is 0 Å². The Morgan fingerprint density at radius 1 is 0.267 bits per heavy atom. The van der Waals surface area contributed by atoms with Crippen LogP contribution in [-0.4, -0.2) is 17.9 Å². The summed E-state index contributed by atoms with van der Waals surface area (Å²) in [5, 5.41) is 15.7. The Hall–Kier alpha value is -7.82. The molecule has 15 aromatic rings. The molecule has 0 fully saturated rings. The number of aryl methyl sites for hydroxylation is 2. The highest BCUT2D eigenvalue weighted by Crippen LogP contribution is 2.53. The standard InChI is InChI=1S/C56H34N4/c1-31-47-41-29-39-35-21-9-13-25-43(35)57(33-17-5-3-6-18-33)53(39)49-38-24-12-16-28-46(38)60(55(41)49)52(47)32(2)48-42-30-40-36-22-10-14-26-44(36)58(34-19-7-4-8-20-34)54(40)50-37-23-11-15-27-45(37)59(51(31)48)56(42)50/h3-30H,1-2H3. The monoisotopic (exact) mass is 762 g/mol. The van der Waals surface area contributed by atoms with Crippen LogP contribution in [0.15, 0.2) is 170 Å². The molecule has 0 aliphatic rings. The van der Waals surface area contributed by atoms with Gasteiger partial charge >= 0.3 is 0 Å². The molecule has 0 N–H and O–H groups in total. The van der Waals surface area contributed by atoms with Gasteiger partial charge < -0.3 is 17.9 Å². The van der Waals surface area contributed by atoms with E-state index in [1.54, 1.807) is 0 Å². The van der Waals surface area contributed by atoms with E-state index >= 15 is 0 Å². The van der Waals surface area contributed by atoms with E-state index in [1.165, 1.54) is 142 Å². The Kier molecular flexibility index (Phi) is 5.52. The molecule has 0 aliphatic heterocycles. The van der Waals surface area contributed by atoms with Crippen molar-refractivity contribution < 1.29 is 0 Å². The summed E-state index contributed by atoms with van der Waals surface area (Å²) in [6.07, 6.45) is 0. The maximum Gasteiger partial charge on any atom is 0.0642 e. The van der Waals surface area contributed by atoms with Crippen molar-refractivity contribution in [3.8, 4) is 11.4 Å². The minimum atomic E-state index is 1.18. The molecule has 0 atom stereocenters. The van der Waals surface area contributed by atoms with Crippen molar-refractivity contribution >= 4 is 120 Å². The van der Waals surface area contributed by atoms with Gasteiger partial charge in [0.1, 0.15) is 0 Å². The highest BCUT2D eigenvalue weighted by Gasteiger charge is 2.31. The van der Waals surface area contributed by atoms with Crippen LogP contribution in [-0.2, 0) is 0 Å². The van der Waals surface area contributed by atoms with Crippen LogP contribution in [0.25, 0.3) is 131 Å². The number of hydrogen-bond donors (Lipinski definition) is 0. The van der Waals surface area contributed by atoms with Crippen molar-refractivity contribution in [1.29, 1.82) is 0 Å². The fourth-order valence-electron chi connectivity index (χ4n) is 11.9. The lowest BCUT2D eigenvalue weighted by atomic mass is 9.95. The van der Waals surface area contributed by atoms with E-state index in [0.29, 0.717) is 0 Å². The molecule has 0 saturated carbocycles. The quantitative estimate of drug-likeness (QED) is 0.167. The number of nitrogens with zero attached hydrogens (tertiary/aromatic N) is 4. The maximum absolute atomic E-state index is 2.62. The van der Waals surface area contributed by atoms with Gasteiger partial charge in [0.2, 0.25) is 0 Å². The first-order chi connectivity index (χ1) is 29.7. The first-order valence-corrected chi connectivity index (χ1v) is 21.0. The number of para-hydroxylation sites is 6. The highest BCUT2D eigenvalue weighted by atomic mass is 15.0. The summed E-state index contributed by atoms with van der Waals surface area (Å²) < 4.78 is 10.2. The lowest BCUT2D eigenvalue weighted by molar-refractivity contribution is 1.19. The number of rotatable bonds is 2. The zero-order chi connectivity index (χ0) is 39.1. The third kappa shape index (κ3) is 3.43. The maximum atomic E-state index is 2.62. The van der Waals surface area contributed by atoms with Crippen molar-refractivity contribution in [2.75, 3.05) is 0 Å². The Bertz CT molecular complexity index is 4060. The number of benzene rings is 9. The molecule has 4 heteroatoms. The van der Waals surface area contributed by atoms with Gasteiger partial charge in [0.15, 0.2) is 0 Å². The van der Waals surface area contributed by atoms with Crippen molar-refractivity contribution in [3.05, 3.63) is 181 Å². The lowest BCUT2D eigenvalue weighted by Gasteiger charge is -2.11. The van der Waals surface area contributed by atoms with Crippen molar-refractivity contribution in [3.63, 3.8) is 0 Å². The molecule has 0 spiro atoms. The van der Waals surface area contributed by atoms with E-state index in [9.17, 15) is 0 Å². The molecule has 0 saturated heterocycles. The van der Waals surface area contributed by atoms with E-state index in [1.807, 2.05) is 0 Å². The van der Waals surface area contributed by atoms with Gasteiger partial charge in [0.25, 0.3) is 0 Å². The van der Waals surface area contributed by atoms with Gasteiger partial charge in [-0.15, -0.1) is 0 Å². The summed E-state index contributed by atoms with van der Waals surface area (Å²) in [5.74, 6) is 0. The van der Waals surface area contributed by atoms with Crippen molar-refractivity contribution in [2.24, 2.45) is 0 Å². The molecule has 15 rings (SSSR count). The van der Waals surface area contributed by atoms with E-state index in [-0.39, 0.29) is 0 Å². The lowest BCUT2D eigenvalue weighted by Crippen LogP contribution is -1.93. The Morgan fingerprint density at radius 2 is 0.617 bits per heavy atom. The third-order valence-electron chi connectivity index (χ3n) is 14.1. The Balaban J connectivity index is 1.22. The predicted octanol–water partition coefficient (Wildman–Crippen LogP) is 14.8. The van der Waals surface area contributed by atoms with E-state index < -0.39 is 0 Å². The van der Waals surface area contributed by atoms with Gasteiger partial charge in [-0.05, 0) is 85.6 Å². The van der Waals surface area contributed by atoms with Gasteiger partial charge in [-0.3, -0.25) is 0 Å². The second-order valence-electron chi connectivity index (χ2n) is 16.9. The Labute approximate surface area is 342 Å². The van der Waals surface area contributed by atoms with Crippen LogP contribution < -0.4 is 0 Å². The van der Waals surface area contributed by atoms with Crippen LogP contribution in [0.2, 0.25) is 0 Å². The van der Waals surface area contributed by atoms with Crippen molar-refractivity contribution in [2.45, 2.75) is 13.8 Å². The molecule has 0 bridgehead atoms. The SMILES string of the molecule is Cc1c2c3cc4c5ccccc5n(-c5ccccc5)c4c4c5ccccc5n(c2c(C)c2c5cc6c7ccccc7n(-c7ccccc7)c6c6c7ccccc7n(c12)c56)c34. The summed E-state index contributed by atoms with van der Waals surface area (Å²) in [5.41, 5.74) is 17.7. The molecule has 0 unspecified atom stereocenters. The number of hydrogen-bond acceptors (Lipinski definition) is 0. The fraction of sp³-hybridized carbons (Fsp3) is 0.0357. The zero-order valence-electron chi connectivity index (χ0n) is 33.0. The van der Waals surface area contributed by atoms with Crippen LogP contribution in [0.3, 0.4) is 0 Å². The van der Waals surface area contributed by atoms with Crippen LogP contribution in [0.4, 0.5) is 0 Å². The largest absolute Gasteiger partial charge is 0.309 e. The fourth-order valence-corrected chi connectivity index (χ4v) is 11.9. The van der Waals surface area contributed by atoms with Gasteiger partial charge in [0, 0.05) is 76.0 Å². The Morgan fingerprint density at radius 3 is 1.03 bits per heavy atom. The van der Waals surface area contributed by atoms with Gasteiger partial charge in [-0.1, -0.05) is 109 Å². The van der Waals surface area contributed by atoms with Crippen LogP contribution in [0, 0.1) is 13.8 Å². The summed E-state index contributed by atoms with van der Waals surface area (Å²) in [6.45, 7) is 4.78. The smallest absolute Gasteiger partial charge is 0.0642 e. The summed E-state index contributed by atoms with van der Waals surface area (Å²) >= 11 is 0. The normalized spacial score (nSPS) is 12.8. The van der Waals surface area contributed by atoms with E-state index in [2.05, 4.69) is 202 Å². The van der Waals surface area contributed by atoms with Gasteiger partial charge in [-0.25, -0.2) is 0 Å². The average Bonchev–Trinajstić information content (AvgIpc) is 4.13. The second-order valence-corrected chi connectivity index (χ2v) is 16.9. The van der Waals surface area contributed by atoms with Crippen molar-refractivity contribution in [1.82, 2.24) is 17.9 Å². The summed E-state index contributed by atoms with van der Waals surface area (Å²) in [7, 11) is 0. The average molecular weight is 763 g/mol. The topological polar surface area (TPSA) is 18.7 Å². The first-order valence-electron chi connectivity index (χ1n) is 21.0. The first kappa shape index (κ1) is 31.2. The number of fused-ring (bicyclic) bond motifs is 20. The molecule has 278 valence electrons. The summed E-state index contributed by atoms with van der Waals surface area (Å²) in [6, 6.07) is 62.9. The molecular weight excluding hydrogens is 729 g/mol. The molecule has 0 radical (unpaired) electrons. The van der Waals surface area contributed by atoms with Crippen LogP contribution in [0.1, 0.15) is 11.1 Å². The number of aromatic nitrogens is 4. The van der Waals surface area contributed by atoms with E-state index in [0.717, 1.165) is 0 Å². The molecule has 0 amide bonds. The van der Waals surface area contributed by atoms with E-state index in [4.69, 9.17) is 0 Å². The minimum Gasteiger partial charge on any atom is -0.309 e. The molecular formula is C56H34N4. The second kappa shape index (κ2) is 10.6. The summed E-state index contributed by atoms with van der Waals surface area (Å²) in [4.78, 5) is 0. The molecule has 6 aromatic heterocycles. The molecule has 4 nitrogen and oxygen atoms in total.